The predicted molar refractivity (Wildman–Crippen MR) is 87.5 cm³/mol. The number of hydrogen-bond donors (Lipinski definition) is 2. The van der Waals surface area contributed by atoms with Crippen LogP contribution < -0.4 is 0 Å². The number of nitrogens with zero attached hydrogens (tertiary/aromatic N) is 1. The summed E-state index contributed by atoms with van der Waals surface area (Å²) in [7, 11) is 0. The molecule has 0 unspecified atom stereocenters. The van der Waals surface area contributed by atoms with E-state index < -0.39 is 11.9 Å². The van der Waals surface area contributed by atoms with Gasteiger partial charge in [-0.05, 0) is 12.1 Å². The Morgan fingerprint density at radius 3 is 2.50 bits per heavy atom. The molecule has 0 radical (unpaired) electrons. The molecule has 0 atom stereocenters. The van der Waals surface area contributed by atoms with Gasteiger partial charge in [-0.1, -0.05) is 24.3 Å². The van der Waals surface area contributed by atoms with Crippen LogP contribution in [0.1, 0.15) is 5.56 Å². The second-order valence-corrected chi connectivity index (χ2v) is 5.37. The van der Waals surface area contributed by atoms with Gasteiger partial charge in [0.2, 0.25) is 0 Å². The van der Waals surface area contributed by atoms with E-state index in [4.69, 9.17) is 10.2 Å². The molecule has 2 N–H and O–H groups in total. The fourth-order valence-electron chi connectivity index (χ4n) is 1.80. The van der Waals surface area contributed by atoms with Crippen LogP contribution in [0.3, 0.4) is 0 Å². The number of aliphatic carboxylic acids is 2. The number of aliphatic imine (C=N–C) groups is 1. The molecule has 5 nitrogen and oxygen atoms in total. The Morgan fingerprint density at radius 1 is 1.14 bits per heavy atom. The highest BCUT2D eigenvalue weighted by Crippen LogP contribution is 2.36. The number of benzene rings is 1. The highest BCUT2D eigenvalue weighted by Gasteiger charge is 2.13. The Hall–Kier alpha value is -2.60. The number of rotatable bonds is 2. The van der Waals surface area contributed by atoms with E-state index in [1.165, 1.54) is 16.0 Å². The highest BCUT2D eigenvalue weighted by molar-refractivity contribution is 8.04. The van der Waals surface area contributed by atoms with Crippen molar-refractivity contribution in [1.82, 2.24) is 0 Å². The molecule has 3 rings (SSSR count). The smallest absolute Gasteiger partial charge is 0.328 e. The fourth-order valence-corrected chi connectivity index (χ4v) is 2.75. The third-order valence-corrected chi connectivity index (χ3v) is 3.76. The zero-order valence-electron chi connectivity index (χ0n) is 11.5. The molecule has 0 amide bonds. The summed E-state index contributed by atoms with van der Waals surface area (Å²) >= 11 is 1.88. The van der Waals surface area contributed by atoms with Crippen LogP contribution >= 0.6 is 11.8 Å². The van der Waals surface area contributed by atoms with Crippen LogP contribution in [0.2, 0.25) is 0 Å². The molecule has 2 aliphatic heterocycles. The van der Waals surface area contributed by atoms with Crippen molar-refractivity contribution in [2.45, 2.75) is 0 Å². The highest BCUT2D eigenvalue weighted by atomic mass is 32.2. The third-order valence-electron chi connectivity index (χ3n) is 2.76. The molecule has 22 heavy (non-hydrogen) atoms. The van der Waals surface area contributed by atoms with Crippen molar-refractivity contribution in [3.05, 3.63) is 58.5 Å². The summed E-state index contributed by atoms with van der Waals surface area (Å²) in [4.78, 5) is 24.9. The maximum Gasteiger partial charge on any atom is 0.328 e. The van der Waals surface area contributed by atoms with E-state index in [0.717, 1.165) is 11.4 Å². The van der Waals surface area contributed by atoms with Crippen molar-refractivity contribution in [3.63, 3.8) is 0 Å². The molecular weight excluding hydrogens is 302 g/mol. The first-order valence-electron chi connectivity index (χ1n) is 6.38. The van der Waals surface area contributed by atoms with Gasteiger partial charge in [0, 0.05) is 40.2 Å². The molecule has 1 aromatic rings. The number of carboxylic acids is 2. The van der Waals surface area contributed by atoms with Gasteiger partial charge in [-0.25, -0.2) is 9.59 Å². The molecule has 0 saturated carbocycles. The Morgan fingerprint density at radius 2 is 1.82 bits per heavy atom. The van der Waals surface area contributed by atoms with Crippen LogP contribution in [0.4, 0.5) is 5.69 Å². The van der Waals surface area contributed by atoms with Crippen molar-refractivity contribution in [2.24, 2.45) is 4.99 Å². The number of hydrogen-bond acceptors (Lipinski definition) is 4. The molecule has 0 saturated heterocycles. The quantitative estimate of drug-likeness (QED) is 0.819. The average molecular weight is 315 g/mol. The Bertz CT molecular complexity index is 701. The summed E-state index contributed by atoms with van der Waals surface area (Å²) in [6.07, 6.45) is 7.54. The molecule has 2 aliphatic rings. The normalized spacial score (nSPS) is 14.9. The van der Waals surface area contributed by atoms with Crippen LogP contribution in [-0.2, 0) is 9.59 Å². The molecule has 0 fully saturated rings. The lowest BCUT2D eigenvalue weighted by Crippen LogP contribution is -1.91. The second kappa shape index (κ2) is 7.42. The minimum Gasteiger partial charge on any atom is -0.478 e. The van der Waals surface area contributed by atoms with E-state index in [9.17, 15) is 9.59 Å². The van der Waals surface area contributed by atoms with Gasteiger partial charge in [0.1, 0.15) is 0 Å². The fraction of sp³-hybridized carbons (Fsp3) is 0.0625. The lowest BCUT2D eigenvalue weighted by atomic mass is 10.1. The van der Waals surface area contributed by atoms with Gasteiger partial charge >= 0.3 is 11.9 Å². The summed E-state index contributed by atoms with van der Waals surface area (Å²) in [6.45, 7) is 0. The maximum atomic E-state index is 9.55. The Labute approximate surface area is 131 Å². The van der Waals surface area contributed by atoms with Gasteiger partial charge in [0.05, 0.1) is 5.69 Å². The molecule has 0 aromatic heterocycles. The van der Waals surface area contributed by atoms with E-state index in [1.54, 1.807) is 0 Å². The van der Waals surface area contributed by atoms with Gasteiger partial charge in [0.25, 0.3) is 0 Å². The second-order valence-electron chi connectivity index (χ2n) is 4.31. The summed E-state index contributed by atoms with van der Waals surface area (Å²) in [5.74, 6) is -1.44. The van der Waals surface area contributed by atoms with Gasteiger partial charge in [0.15, 0.2) is 0 Å². The largest absolute Gasteiger partial charge is 0.478 e. The Balaban J connectivity index is 0.000000192. The lowest BCUT2D eigenvalue weighted by Gasteiger charge is -1.98. The van der Waals surface area contributed by atoms with Crippen LogP contribution in [0.25, 0.3) is 6.08 Å². The van der Waals surface area contributed by atoms with Crippen molar-refractivity contribution in [2.75, 3.05) is 5.75 Å². The Kier molecular flexibility index (Phi) is 5.32. The van der Waals surface area contributed by atoms with E-state index in [1.807, 2.05) is 24.0 Å². The van der Waals surface area contributed by atoms with E-state index >= 15 is 0 Å². The molecule has 6 heteroatoms. The van der Waals surface area contributed by atoms with Crippen LogP contribution in [0.15, 0.2) is 58.0 Å². The number of para-hydroxylation sites is 1. The average Bonchev–Trinajstić information content (AvgIpc) is 2.85. The summed E-state index contributed by atoms with van der Waals surface area (Å²) < 4.78 is 0. The summed E-state index contributed by atoms with van der Waals surface area (Å²) in [6, 6.07) is 8.24. The summed E-state index contributed by atoms with van der Waals surface area (Å²) in [5.41, 5.74) is 3.55. The minimum atomic E-state index is -1.26. The van der Waals surface area contributed by atoms with Gasteiger partial charge in [-0.3, -0.25) is 4.99 Å². The molecular formula is C16H13NO4S. The van der Waals surface area contributed by atoms with Gasteiger partial charge in [-0.15, -0.1) is 11.8 Å². The molecule has 0 spiro atoms. The van der Waals surface area contributed by atoms with E-state index in [0.29, 0.717) is 12.2 Å². The van der Waals surface area contributed by atoms with Crippen molar-refractivity contribution in [1.29, 1.82) is 0 Å². The SMILES string of the molecule is C1=Nc2ccccc2C=C2SCC=C12.O=C(O)/C=C/C(=O)O. The van der Waals surface area contributed by atoms with Crippen molar-refractivity contribution < 1.29 is 19.8 Å². The maximum absolute atomic E-state index is 9.55. The number of fused-ring (bicyclic) bond motifs is 2. The van der Waals surface area contributed by atoms with Crippen LogP contribution in [-0.4, -0.2) is 34.1 Å². The van der Waals surface area contributed by atoms with E-state index in [-0.39, 0.29) is 0 Å². The molecule has 2 heterocycles. The number of carbonyl (C=O) groups is 2. The zero-order chi connectivity index (χ0) is 15.9. The minimum absolute atomic E-state index is 0.558. The van der Waals surface area contributed by atoms with Crippen molar-refractivity contribution >= 4 is 41.7 Å². The van der Waals surface area contributed by atoms with Gasteiger partial charge < -0.3 is 10.2 Å². The standard InChI is InChI=1S/C12H9NS.C4H4O4/c1-2-4-11-9(3-1)7-12-10(8-13-11)5-6-14-12;5-3(6)1-2-4(7)8/h1-5,7-8H,6H2;1-2H,(H,5,6)(H,7,8)/b;2-1+. The third kappa shape index (κ3) is 4.46. The van der Waals surface area contributed by atoms with Crippen molar-refractivity contribution in [3.8, 4) is 0 Å². The lowest BCUT2D eigenvalue weighted by molar-refractivity contribution is -0.134. The first-order chi connectivity index (χ1) is 10.6. The summed E-state index contributed by atoms with van der Waals surface area (Å²) in [5, 5.41) is 15.6. The molecule has 112 valence electrons. The first-order valence-corrected chi connectivity index (χ1v) is 7.37. The van der Waals surface area contributed by atoms with E-state index in [2.05, 4.69) is 35.3 Å². The first kappa shape index (κ1) is 15.8. The molecule has 0 bridgehead atoms. The number of carboxylic acid groups (broad SMARTS) is 2. The number of thioether (sulfide) groups is 1. The monoisotopic (exact) mass is 315 g/mol. The van der Waals surface area contributed by atoms with Crippen LogP contribution in [0, 0.1) is 0 Å². The molecule has 1 aromatic carbocycles. The number of allylic oxidation sites excluding steroid dienone is 1. The molecule has 0 aliphatic carbocycles. The topological polar surface area (TPSA) is 87.0 Å². The van der Waals surface area contributed by atoms with Gasteiger partial charge in [-0.2, -0.15) is 0 Å². The predicted octanol–water partition coefficient (Wildman–Crippen LogP) is 3.13. The zero-order valence-corrected chi connectivity index (χ0v) is 12.3. The van der Waals surface area contributed by atoms with Crippen LogP contribution in [0.5, 0.6) is 0 Å².